The number of nitrogens with zero attached hydrogens (tertiary/aromatic N) is 2. The van der Waals surface area contributed by atoms with Gasteiger partial charge >= 0.3 is 12.7 Å². The monoisotopic (exact) mass is 708 g/mol. The number of nitrogens with one attached hydrogen (secondary N) is 2. The van der Waals surface area contributed by atoms with E-state index in [9.17, 15) is 28.0 Å². The van der Waals surface area contributed by atoms with E-state index in [0.717, 1.165) is 26.5 Å². The van der Waals surface area contributed by atoms with Crippen LogP contribution in [0.1, 0.15) is 54.2 Å². The van der Waals surface area contributed by atoms with E-state index < -0.39 is 48.6 Å². The molecule has 3 aromatic carbocycles. The highest BCUT2D eigenvalue weighted by atomic mass is 32.2. The molecule has 0 unspecified atom stereocenters. The molecule has 1 fully saturated rings. The average Bonchev–Trinajstić information content (AvgIpc) is 3.50. The van der Waals surface area contributed by atoms with Crippen LogP contribution in [0, 0.1) is 0 Å². The summed E-state index contributed by atoms with van der Waals surface area (Å²) < 4.78 is 42.3. The van der Waals surface area contributed by atoms with E-state index in [2.05, 4.69) is 15.4 Å². The van der Waals surface area contributed by atoms with Crippen molar-refractivity contribution in [2.45, 2.75) is 80.9 Å². The lowest BCUT2D eigenvalue weighted by atomic mass is 9.97. The summed E-state index contributed by atoms with van der Waals surface area (Å²) in [6.07, 6.45) is -0.935. The van der Waals surface area contributed by atoms with Gasteiger partial charge in [0.05, 0.1) is 22.4 Å². The lowest BCUT2D eigenvalue weighted by molar-refractivity contribution is -0.160. The normalized spacial score (nSPS) is 18.0. The molecule has 3 heterocycles. The molecule has 0 radical (unpaired) electrons. The maximum Gasteiger partial charge on any atom is 0.410 e. The number of fused-ring (bicyclic) bond motifs is 3. The molecule has 4 amide bonds. The molecule has 6 rings (SSSR count). The van der Waals surface area contributed by atoms with Crippen molar-refractivity contribution in [2.24, 2.45) is 0 Å². The Hall–Kier alpha value is -4.69. The van der Waals surface area contributed by atoms with Crippen LogP contribution in [-0.2, 0) is 38.6 Å². The molecule has 0 aromatic heterocycles. The fraction of sp³-hybridized carbons (Fsp3) is 0.389. The van der Waals surface area contributed by atoms with Crippen molar-refractivity contribution in [3.63, 3.8) is 0 Å². The molecule has 0 saturated carbocycles. The quantitative estimate of drug-likeness (QED) is 0.246. The molecule has 14 heteroatoms. The van der Waals surface area contributed by atoms with Crippen molar-refractivity contribution < 1.29 is 42.2 Å². The lowest BCUT2D eigenvalue weighted by Gasteiger charge is -2.31. The van der Waals surface area contributed by atoms with Crippen molar-refractivity contribution in [3.8, 4) is 11.5 Å². The van der Waals surface area contributed by atoms with Gasteiger partial charge in [-0.1, -0.05) is 42.1 Å². The number of carbonyl (C=O) groups is 4. The number of hydrogen-bond donors (Lipinski definition) is 2. The van der Waals surface area contributed by atoms with Crippen LogP contribution in [0.4, 0.5) is 13.6 Å². The summed E-state index contributed by atoms with van der Waals surface area (Å²) in [5.41, 5.74) is 2.51. The van der Waals surface area contributed by atoms with Gasteiger partial charge in [-0.25, -0.2) is 4.79 Å². The summed E-state index contributed by atoms with van der Waals surface area (Å²) in [7, 11) is 0. The van der Waals surface area contributed by atoms with Crippen LogP contribution in [0.2, 0.25) is 0 Å². The molecule has 264 valence electrons. The molecule has 2 N–H and O–H groups in total. The number of alkyl halides is 2. The zero-order valence-electron chi connectivity index (χ0n) is 27.9. The van der Waals surface area contributed by atoms with Gasteiger partial charge in [-0.05, 0) is 74.2 Å². The minimum Gasteiger partial charge on any atom is -0.455 e. The summed E-state index contributed by atoms with van der Waals surface area (Å²) in [5.74, 6) is -0.479. The summed E-state index contributed by atoms with van der Waals surface area (Å²) in [5, 5.41) is 5.40. The topological polar surface area (TPSA) is 127 Å². The Morgan fingerprint density at radius 2 is 1.76 bits per heavy atom. The molecule has 2 atom stereocenters. The molecule has 3 aliphatic heterocycles. The first-order valence-corrected chi connectivity index (χ1v) is 17.1. The molecule has 11 nitrogen and oxygen atoms in total. The number of likely N-dealkylation sites (tertiary alicyclic amines) is 1. The first-order chi connectivity index (χ1) is 23.8. The number of hydrogen-bond acceptors (Lipinski definition) is 8. The fourth-order valence-corrected chi connectivity index (χ4v) is 7.03. The van der Waals surface area contributed by atoms with Crippen LogP contribution in [0.5, 0.6) is 11.5 Å². The molecule has 3 aliphatic rings. The largest absolute Gasteiger partial charge is 0.455 e. The summed E-state index contributed by atoms with van der Waals surface area (Å²) in [6, 6.07) is 17.2. The Kier molecular flexibility index (Phi) is 10.3. The number of ether oxygens (including phenoxy) is 3. The van der Waals surface area contributed by atoms with E-state index in [1.54, 1.807) is 23.1 Å². The van der Waals surface area contributed by atoms with Crippen molar-refractivity contribution in [3.05, 3.63) is 82.9 Å². The van der Waals surface area contributed by atoms with Gasteiger partial charge < -0.3 is 34.6 Å². The van der Waals surface area contributed by atoms with Crippen LogP contribution >= 0.6 is 11.8 Å². The SMILES string of the molecule is CC(C)(C)OC(=O)N1CCc2cc(CNC(=O)[C@@H]3C[C@@H](OC(F)F)CN3C(=O)CNC(=O)c3ccc4c(c3)Oc3ccccc3S4)ccc2C1. The predicted molar refractivity (Wildman–Crippen MR) is 179 cm³/mol. The van der Waals surface area contributed by atoms with Crippen LogP contribution in [0.3, 0.4) is 0 Å². The van der Waals surface area contributed by atoms with E-state index in [1.165, 1.54) is 16.7 Å². The predicted octanol–water partition coefficient (Wildman–Crippen LogP) is 5.49. The van der Waals surface area contributed by atoms with Gasteiger partial charge in [0.2, 0.25) is 11.8 Å². The maximum absolute atomic E-state index is 13.4. The van der Waals surface area contributed by atoms with Crippen molar-refractivity contribution in [1.29, 1.82) is 0 Å². The van der Waals surface area contributed by atoms with E-state index in [1.807, 2.05) is 63.2 Å². The van der Waals surface area contributed by atoms with Gasteiger partial charge in [0.15, 0.2) is 0 Å². The van der Waals surface area contributed by atoms with Gasteiger partial charge in [-0.2, -0.15) is 8.78 Å². The number of amides is 4. The number of para-hydroxylation sites is 1. The molecule has 0 aliphatic carbocycles. The first-order valence-electron chi connectivity index (χ1n) is 16.3. The minimum absolute atomic E-state index is 0.123. The smallest absolute Gasteiger partial charge is 0.410 e. The molecule has 0 bridgehead atoms. The average molecular weight is 709 g/mol. The van der Waals surface area contributed by atoms with Gasteiger partial charge in [-0.3, -0.25) is 14.4 Å². The number of benzene rings is 3. The van der Waals surface area contributed by atoms with Gasteiger partial charge in [0, 0.05) is 38.2 Å². The highest BCUT2D eigenvalue weighted by Gasteiger charge is 2.41. The van der Waals surface area contributed by atoms with Crippen molar-refractivity contribution in [2.75, 3.05) is 19.6 Å². The third-order valence-electron chi connectivity index (χ3n) is 8.48. The second kappa shape index (κ2) is 14.7. The fourth-order valence-electron chi connectivity index (χ4n) is 6.10. The third-order valence-corrected chi connectivity index (χ3v) is 9.59. The summed E-state index contributed by atoms with van der Waals surface area (Å²) in [4.78, 5) is 56.8. The maximum atomic E-state index is 13.4. The number of rotatable bonds is 8. The van der Waals surface area contributed by atoms with Crippen molar-refractivity contribution >= 4 is 35.6 Å². The second-order valence-corrected chi connectivity index (χ2v) is 14.4. The standard InChI is InChI=1S/C36H38F2N4O7S/c1-36(2,3)49-35(46)41-13-12-22-14-21(8-9-24(22)19-41)17-39-33(45)26-16-25(47-34(37)38)20-42(26)31(43)18-40-32(44)23-10-11-30-28(15-23)48-27-6-4-5-7-29(27)50-30/h4-11,14-15,25-26,34H,12-13,16-20H2,1-3H3,(H,39,45)(H,40,44)/t25-,26+/m1/s1. The van der Waals surface area contributed by atoms with E-state index in [0.29, 0.717) is 31.0 Å². The Bertz CT molecular complexity index is 1800. The minimum atomic E-state index is -3.07. The molecular weight excluding hydrogens is 670 g/mol. The van der Waals surface area contributed by atoms with Crippen LogP contribution in [0.15, 0.2) is 70.5 Å². The van der Waals surface area contributed by atoms with Crippen LogP contribution in [0.25, 0.3) is 0 Å². The van der Waals surface area contributed by atoms with Crippen molar-refractivity contribution in [1.82, 2.24) is 20.4 Å². The number of carbonyl (C=O) groups excluding carboxylic acids is 4. The first kappa shape index (κ1) is 35.1. The highest BCUT2D eigenvalue weighted by molar-refractivity contribution is 7.99. The zero-order chi connectivity index (χ0) is 35.6. The van der Waals surface area contributed by atoms with E-state index in [4.69, 9.17) is 9.47 Å². The number of halogens is 2. The summed E-state index contributed by atoms with van der Waals surface area (Å²) >= 11 is 1.52. The molecule has 50 heavy (non-hydrogen) atoms. The van der Waals surface area contributed by atoms with Crippen LogP contribution in [-0.4, -0.2) is 77.6 Å². The van der Waals surface area contributed by atoms with Gasteiger partial charge in [-0.15, -0.1) is 0 Å². The summed E-state index contributed by atoms with van der Waals surface area (Å²) in [6.45, 7) is 2.74. The van der Waals surface area contributed by atoms with Gasteiger partial charge in [0.1, 0.15) is 23.1 Å². The Balaban J connectivity index is 1.05. The Morgan fingerprint density at radius 1 is 0.980 bits per heavy atom. The Morgan fingerprint density at radius 3 is 2.54 bits per heavy atom. The molecular formula is C36H38F2N4O7S. The lowest BCUT2D eigenvalue weighted by Crippen LogP contribution is -2.49. The van der Waals surface area contributed by atoms with Crippen LogP contribution < -0.4 is 15.4 Å². The zero-order valence-corrected chi connectivity index (χ0v) is 28.7. The Labute approximate surface area is 292 Å². The second-order valence-electron chi connectivity index (χ2n) is 13.3. The molecule has 1 saturated heterocycles. The highest BCUT2D eigenvalue weighted by Crippen LogP contribution is 2.47. The third kappa shape index (κ3) is 8.36. The molecule has 0 spiro atoms. The van der Waals surface area contributed by atoms with Gasteiger partial charge in [0.25, 0.3) is 5.91 Å². The van der Waals surface area contributed by atoms with E-state index in [-0.39, 0.29) is 31.2 Å². The molecule has 3 aromatic rings. The van der Waals surface area contributed by atoms with E-state index >= 15 is 0 Å².